The van der Waals surface area contributed by atoms with Crippen LogP contribution in [0.5, 0.6) is 0 Å². The van der Waals surface area contributed by atoms with E-state index < -0.39 is 48.3 Å². The Balaban J connectivity index is 0.589. The summed E-state index contributed by atoms with van der Waals surface area (Å²) >= 11 is 0. The van der Waals surface area contributed by atoms with Crippen LogP contribution in [0.4, 0.5) is 11.5 Å². The number of aliphatic hydroxyl groups is 2. The number of anilines is 2. The Morgan fingerprint density at radius 1 is 0.901 bits per heavy atom. The van der Waals surface area contributed by atoms with Gasteiger partial charge in [-0.2, -0.15) is 0 Å². The Labute approximate surface area is 473 Å². The van der Waals surface area contributed by atoms with E-state index in [1.165, 1.54) is 11.9 Å². The Morgan fingerprint density at radius 2 is 1.65 bits per heavy atom. The Morgan fingerprint density at radius 3 is 2.41 bits per heavy atom. The lowest BCUT2D eigenvalue weighted by Gasteiger charge is -2.46. The first-order chi connectivity index (χ1) is 39.0. The number of aliphatic hydroxyl groups excluding tert-OH is 2. The molecule has 4 amide bonds. The van der Waals surface area contributed by atoms with Crippen LogP contribution in [0.1, 0.15) is 137 Å². The van der Waals surface area contributed by atoms with E-state index in [4.69, 9.17) is 23.9 Å². The molecule has 3 aromatic heterocycles. The monoisotopic (exact) mass is 1120 g/mol. The number of aromatic amines is 1. The van der Waals surface area contributed by atoms with Gasteiger partial charge in [-0.05, 0) is 100.0 Å². The van der Waals surface area contributed by atoms with E-state index in [0.29, 0.717) is 112 Å². The van der Waals surface area contributed by atoms with Crippen LogP contribution in [-0.4, -0.2) is 175 Å². The molecular weight excluding hydrogens is 1040 g/mol. The number of piperidine rings is 1. The fraction of sp³-hybridized carbons (Fsp3) is 0.593. The van der Waals surface area contributed by atoms with Crippen molar-refractivity contribution in [1.29, 1.82) is 0 Å². The molecule has 5 aromatic rings. The maximum absolute atomic E-state index is 13.3. The number of H-pyrrole nitrogens is 1. The molecule has 81 heavy (non-hydrogen) atoms. The molecule has 5 atom stereocenters. The van der Waals surface area contributed by atoms with Gasteiger partial charge in [0.2, 0.25) is 11.8 Å². The number of imidazole rings is 2. The van der Waals surface area contributed by atoms with Gasteiger partial charge in [-0.25, -0.2) is 19.9 Å². The maximum Gasteiger partial charge on any atom is 0.264 e. The molecule has 22 nitrogen and oxygen atoms in total. The minimum Gasteiger partial charge on any atom is -0.387 e. The number of benzene rings is 2. The second-order valence-corrected chi connectivity index (χ2v) is 23.1. The number of hydrogen-bond donors (Lipinski definition) is 7. The normalized spacial score (nSPS) is 22.1. The number of ether oxygens (including phenoxy) is 4. The van der Waals surface area contributed by atoms with Crippen molar-refractivity contribution in [2.75, 3.05) is 76.5 Å². The number of imide groups is 1. The smallest absolute Gasteiger partial charge is 0.264 e. The van der Waals surface area contributed by atoms with Crippen LogP contribution in [-0.2, 0) is 40.4 Å². The Hall–Kier alpha value is -6.40. The summed E-state index contributed by atoms with van der Waals surface area (Å²) < 4.78 is 25.0. The molecule has 3 aliphatic heterocycles. The Kier molecular flexibility index (Phi) is 19.8. The molecule has 0 spiro atoms. The van der Waals surface area contributed by atoms with Crippen molar-refractivity contribution in [3.63, 3.8) is 0 Å². The molecule has 3 fully saturated rings. The molecule has 7 N–H and O–H groups in total. The van der Waals surface area contributed by atoms with Gasteiger partial charge in [-0.3, -0.25) is 33.5 Å². The molecular formula is C59H82N12O10. The van der Waals surface area contributed by atoms with Crippen molar-refractivity contribution in [3.05, 3.63) is 83.8 Å². The summed E-state index contributed by atoms with van der Waals surface area (Å²) in [6.45, 7) is 19.0. The zero-order chi connectivity index (χ0) is 57.2. The predicted molar refractivity (Wildman–Crippen MR) is 305 cm³/mol. The standard InChI is InChI=1S/C59H82N12O10/c1-36(2)69(40-30-38(31-40)15-19-47-67-42-17-16-39(59(4,5)6)32-44(42)68-47)33-46-51(73)52(74)58(81-46)70-35-65-50-53(63-34-64-54(50)70)62-22-10-8-7-9-21-61-48(72)20-24-78-26-28-80-29-27-79-25-23-60-43-13-11-12-41-49(43)57(77)71(56(41)76)45-18-14-37(3)66-55(45)75/h11-13,16-17,32,34-36,38,40,45-46,51-52,58,60,73-74H,3,7-10,14-15,18-31,33H2,1-2,4-6H3,(H,61,72)(H,66,75)(H,67,68)(H,62,63,64)/t38?,40?,45?,46-,51?,52+,58-/m1/s1. The third-order valence-corrected chi connectivity index (χ3v) is 16.0. The van der Waals surface area contributed by atoms with Crippen LogP contribution >= 0.6 is 0 Å². The van der Waals surface area contributed by atoms with Crippen molar-refractivity contribution in [2.24, 2.45) is 5.92 Å². The van der Waals surface area contributed by atoms with Crippen LogP contribution in [0.2, 0.25) is 0 Å². The highest BCUT2D eigenvalue weighted by atomic mass is 16.6. The first-order valence-electron chi connectivity index (χ1n) is 29.0. The first kappa shape index (κ1) is 59.2. The van der Waals surface area contributed by atoms with Gasteiger partial charge in [0.25, 0.3) is 11.8 Å². The molecule has 1 saturated carbocycles. The minimum atomic E-state index is -1.16. The predicted octanol–water partition coefficient (Wildman–Crippen LogP) is 5.77. The third-order valence-electron chi connectivity index (χ3n) is 16.0. The zero-order valence-corrected chi connectivity index (χ0v) is 47.6. The van der Waals surface area contributed by atoms with Crippen molar-refractivity contribution in [2.45, 2.75) is 153 Å². The van der Waals surface area contributed by atoms with Crippen LogP contribution in [0.3, 0.4) is 0 Å². The molecule has 22 heteroatoms. The van der Waals surface area contributed by atoms with Gasteiger partial charge in [0, 0.05) is 62.5 Å². The zero-order valence-electron chi connectivity index (χ0n) is 47.6. The largest absolute Gasteiger partial charge is 0.387 e. The van der Waals surface area contributed by atoms with E-state index in [2.05, 4.69) is 105 Å². The number of fused-ring (bicyclic) bond motifs is 3. The molecule has 6 heterocycles. The summed E-state index contributed by atoms with van der Waals surface area (Å²) in [4.78, 5) is 76.8. The number of carbonyl (C=O) groups is 4. The van der Waals surface area contributed by atoms with E-state index in [-0.39, 0.29) is 41.5 Å². The number of unbranched alkanes of at least 4 members (excludes halogenated alkanes) is 3. The number of carbonyl (C=O) groups excluding carboxylic acids is 4. The quantitative estimate of drug-likeness (QED) is 0.0212. The summed E-state index contributed by atoms with van der Waals surface area (Å²) in [6.07, 6.45) is 8.20. The van der Waals surface area contributed by atoms with E-state index in [1.54, 1.807) is 29.1 Å². The average molecular weight is 1120 g/mol. The third kappa shape index (κ3) is 14.4. The number of hydrogen-bond acceptors (Lipinski definition) is 17. The second kappa shape index (κ2) is 27.1. The highest BCUT2D eigenvalue weighted by molar-refractivity contribution is 6.25. The molecule has 2 unspecified atom stereocenters. The van der Waals surface area contributed by atoms with Crippen molar-refractivity contribution in [3.8, 4) is 0 Å². The number of amides is 4. The van der Waals surface area contributed by atoms with E-state index in [1.807, 2.05) is 0 Å². The molecule has 2 saturated heterocycles. The van der Waals surface area contributed by atoms with Gasteiger partial charge in [0.15, 0.2) is 23.2 Å². The highest BCUT2D eigenvalue weighted by Gasteiger charge is 2.47. The van der Waals surface area contributed by atoms with Crippen molar-refractivity contribution in [1.82, 2.24) is 49.9 Å². The van der Waals surface area contributed by atoms with Gasteiger partial charge in [-0.15, -0.1) is 0 Å². The van der Waals surface area contributed by atoms with Gasteiger partial charge < -0.3 is 55.4 Å². The van der Waals surface area contributed by atoms with Crippen molar-refractivity contribution < 1.29 is 48.3 Å². The number of aromatic nitrogens is 6. The molecule has 0 bridgehead atoms. The van der Waals surface area contributed by atoms with Gasteiger partial charge in [0.1, 0.15) is 36.5 Å². The minimum absolute atomic E-state index is 0.0641. The number of nitrogens with one attached hydrogen (secondary N) is 5. The molecule has 1 aliphatic carbocycles. The fourth-order valence-corrected chi connectivity index (χ4v) is 11.3. The van der Waals surface area contributed by atoms with E-state index in [9.17, 15) is 29.4 Å². The lowest BCUT2D eigenvalue weighted by molar-refractivity contribution is -0.125. The SMILES string of the molecule is C=C1CCC(N2C(=O)c3cccc(NCCOCCOCCOCCC(=O)NCCCCCCNc4ncnc5c4ncn5[C@@H]4O[C@H](CN(C(C)C)C5CC(CCc6nc7ccc(C(C)(C)C)cc7[nH]6)C5)C(O)[C@@H]4O)c3C2=O)C(=O)N1. The number of nitrogens with zero attached hydrogens (tertiary/aromatic N) is 7. The first-order valence-corrected chi connectivity index (χ1v) is 29.0. The number of rotatable bonds is 30. The molecule has 0 radical (unpaired) electrons. The Bertz CT molecular complexity index is 2990. The lowest BCUT2D eigenvalue weighted by Crippen LogP contribution is -2.52. The van der Waals surface area contributed by atoms with Crippen LogP contribution in [0, 0.1) is 5.92 Å². The number of aryl methyl sites for hydroxylation is 1. The van der Waals surface area contributed by atoms with Gasteiger partial charge in [-0.1, -0.05) is 52.3 Å². The maximum atomic E-state index is 13.3. The number of allylic oxidation sites excluding steroid dienone is 1. The lowest BCUT2D eigenvalue weighted by atomic mass is 9.76. The summed E-state index contributed by atoms with van der Waals surface area (Å²) in [5.74, 6) is 0.770. The second-order valence-electron chi connectivity index (χ2n) is 23.1. The van der Waals surface area contributed by atoms with Crippen molar-refractivity contribution >= 4 is 57.3 Å². The van der Waals surface area contributed by atoms with E-state index >= 15 is 0 Å². The summed E-state index contributed by atoms with van der Waals surface area (Å²) in [7, 11) is 0. The van der Waals surface area contributed by atoms with Gasteiger partial charge >= 0.3 is 0 Å². The summed E-state index contributed by atoms with van der Waals surface area (Å²) in [6, 6.07) is 11.3. The molecule has 438 valence electrons. The molecule has 9 rings (SSSR count). The van der Waals surface area contributed by atoms with E-state index in [0.717, 1.165) is 73.1 Å². The van der Waals surface area contributed by atoms with Crippen LogP contribution in [0.15, 0.2) is 61.3 Å². The molecule has 2 aromatic carbocycles. The topological polar surface area (TPSA) is 273 Å². The van der Waals surface area contributed by atoms with Crippen LogP contribution in [0.25, 0.3) is 22.2 Å². The van der Waals surface area contributed by atoms with Crippen LogP contribution < -0.4 is 21.3 Å². The van der Waals surface area contributed by atoms with Gasteiger partial charge in [0.05, 0.1) is 68.1 Å². The highest BCUT2D eigenvalue weighted by Crippen LogP contribution is 2.39. The summed E-state index contributed by atoms with van der Waals surface area (Å²) in [5, 5.41) is 34.8. The average Bonchev–Trinajstić information content (AvgIpc) is 4.30. The summed E-state index contributed by atoms with van der Waals surface area (Å²) in [5.41, 5.74) is 6.15. The molecule has 4 aliphatic rings. The fourth-order valence-electron chi connectivity index (χ4n) is 11.3.